The third-order valence-corrected chi connectivity index (χ3v) is 0.796. The highest BCUT2D eigenvalue weighted by atomic mass is 19.1. The molecular formula is C4H5FN2O. The number of aromatic nitrogens is 2. The maximum Gasteiger partial charge on any atom is 0.323 e. The first-order chi connectivity index (χ1) is 3.83. The van der Waals surface area contributed by atoms with Crippen molar-refractivity contribution in [2.24, 2.45) is 0 Å². The van der Waals surface area contributed by atoms with Gasteiger partial charge < -0.3 is 9.97 Å². The van der Waals surface area contributed by atoms with Gasteiger partial charge in [0.15, 0.2) is 0 Å². The lowest BCUT2D eigenvalue weighted by atomic mass is 10.5. The quantitative estimate of drug-likeness (QED) is 0.540. The van der Waals surface area contributed by atoms with Crippen LogP contribution in [0.4, 0.5) is 4.39 Å². The third kappa shape index (κ3) is 0.776. The first-order valence-corrected chi connectivity index (χ1v) is 2.15. The summed E-state index contributed by atoms with van der Waals surface area (Å²) in [6.07, 6.45) is 1.31. The van der Waals surface area contributed by atoms with E-state index in [0.29, 0.717) is 0 Å². The van der Waals surface area contributed by atoms with E-state index in [1.54, 1.807) is 0 Å². The highest BCUT2D eigenvalue weighted by molar-refractivity contribution is 4.91. The first kappa shape index (κ1) is 5.08. The molecule has 0 saturated carbocycles. The average molecular weight is 116 g/mol. The molecule has 0 aliphatic heterocycles. The molecule has 1 rings (SSSR count). The minimum Gasteiger partial charge on any atom is -0.313 e. The SMILES string of the molecule is O=c1[nH]cc(CF)[nH]1. The normalized spacial score (nSPS) is 9.62. The number of aromatic amines is 2. The van der Waals surface area contributed by atoms with Crippen LogP contribution in [-0.4, -0.2) is 9.97 Å². The minimum absolute atomic E-state index is 0.287. The Labute approximate surface area is 44.6 Å². The zero-order chi connectivity index (χ0) is 5.98. The van der Waals surface area contributed by atoms with Gasteiger partial charge in [-0.15, -0.1) is 0 Å². The summed E-state index contributed by atoms with van der Waals surface area (Å²) in [5.41, 5.74) is -0.0762. The highest BCUT2D eigenvalue weighted by Crippen LogP contribution is 1.87. The van der Waals surface area contributed by atoms with Crippen LogP contribution >= 0.6 is 0 Å². The van der Waals surface area contributed by atoms with Crippen molar-refractivity contribution >= 4 is 0 Å². The van der Waals surface area contributed by atoms with Crippen LogP contribution in [0.5, 0.6) is 0 Å². The molecule has 2 N–H and O–H groups in total. The fraction of sp³-hybridized carbons (Fsp3) is 0.250. The van der Waals surface area contributed by atoms with E-state index in [4.69, 9.17) is 0 Å². The number of H-pyrrole nitrogens is 2. The lowest BCUT2D eigenvalue weighted by Gasteiger charge is -1.76. The second kappa shape index (κ2) is 1.81. The Bertz CT molecular complexity index is 214. The summed E-state index contributed by atoms with van der Waals surface area (Å²) in [5.74, 6) is 0. The van der Waals surface area contributed by atoms with Gasteiger partial charge in [-0.3, -0.25) is 0 Å². The molecule has 1 heterocycles. The molecule has 0 amide bonds. The molecular weight excluding hydrogens is 111 g/mol. The number of halogens is 1. The van der Waals surface area contributed by atoms with E-state index in [-0.39, 0.29) is 11.4 Å². The van der Waals surface area contributed by atoms with Crippen LogP contribution in [0.15, 0.2) is 11.0 Å². The predicted octanol–water partition coefficient (Wildman–Crippen LogP) is 0.172. The Kier molecular flexibility index (Phi) is 1.15. The average Bonchev–Trinajstić information content (AvgIpc) is 2.14. The number of nitrogens with one attached hydrogen (secondary N) is 2. The van der Waals surface area contributed by atoms with E-state index in [2.05, 4.69) is 9.97 Å². The summed E-state index contributed by atoms with van der Waals surface area (Å²) < 4.78 is 11.5. The molecule has 1 aromatic rings. The number of hydrogen-bond donors (Lipinski definition) is 2. The lowest BCUT2D eigenvalue weighted by molar-refractivity contribution is 0.477. The van der Waals surface area contributed by atoms with E-state index in [0.717, 1.165) is 0 Å². The number of hydrogen-bond acceptors (Lipinski definition) is 1. The van der Waals surface area contributed by atoms with Crippen molar-refractivity contribution < 1.29 is 4.39 Å². The van der Waals surface area contributed by atoms with Gasteiger partial charge in [0.25, 0.3) is 0 Å². The third-order valence-electron chi connectivity index (χ3n) is 0.796. The topological polar surface area (TPSA) is 48.6 Å². The standard InChI is InChI=1S/C4H5FN2O/c5-1-3-2-6-4(8)7-3/h2H,1H2,(H2,6,7,8). The van der Waals surface area contributed by atoms with Crippen molar-refractivity contribution in [3.8, 4) is 0 Å². The summed E-state index contributed by atoms with van der Waals surface area (Å²) in [4.78, 5) is 14.7. The summed E-state index contributed by atoms with van der Waals surface area (Å²) >= 11 is 0. The van der Waals surface area contributed by atoms with Crippen LogP contribution in [0.2, 0.25) is 0 Å². The van der Waals surface area contributed by atoms with E-state index in [9.17, 15) is 9.18 Å². The smallest absolute Gasteiger partial charge is 0.313 e. The Hall–Kier alpha value is -1.06. The molecule has 0 bridgehead atoms. The maximum atomic E-state index is 11.5. The van der Waals surface area contributed by atoms with Crippen LogP contribution < -0.4 is 5.69 Å². The Morgan fingerprint density at radius 2 is 2.50 bits per heavy atom. The molecule has 8 heavy (non-hydrogen) atoms. The van der Waals surface area contributed by atoms with Gasteiger partial charge in [-0.1, -0.05) is 0 Å². The zero-order valence-corrected chi connectivity index (χ0v) is 4.07. The van der Waals surface area contributed by atoms with Gasteiger partial charge in [0.1, 0.15) is 6.67 Å². The molecule has 0 unspecified atom stereocenters. The van der Waals surface area contributed by atoms with Crippen LogP contribution in [0.25, 0.3) is 0 Å². The molecule has 3 nitrogen and oxygen atoms in total. The van der Waals surface area contributed by atoms with Crippen molar-refractivity contribution in [3.05, 3.63) is 22.4 Å². The molecule has 1 aromatic heterocycles. The van der Waals surface area contributed by atoms with E-state index in [1.165, 1.54) is 6.20 Å². The van der Waals surface area contributed by atoms with Crippen LogP contribution in [0, 0.1) is 0 Å². The minimum atomic E-state index is -0.626. The molecule has 0 atom stereocenters. The first-order valence-electron chi connectivity index (χ1n) is 2.15. The van der Waals surface area contributed by atoms with Gasteiger partial charge in [0, 0.05) is 6.20 Å². The zero-order valence-electron chi connectivity index (χ0n) is 4.07. The van der Waals surface area contributed by atoms with Gasteiger partial charge in [0.05, 0.1) is 5.69 Å². The van der Waals surface area contributed by atoms with E-state index >= 15 is 0 Å². The monoisotopic (exact) mass is 116 g/mol. The highest BCUT2D eigenvalue weighted by Gasteiger charge is 1.89. The molecule has 0 radical (unpaired) electrons. The molecule has 0 aliphatic carbocycles. The second-order valence-corrected chi connectivity index (χ2v) is 1.40. The second-order valence-electron chi connectivity index (χ2n) is 1.40. The Morgan fingerprint density at radius 1 is 1.75 bits per heavy atom. The molecule has 0 saturated heterocycles. The Morgan fingerprint density at radius 3 is 2.75 bits per heavy atom. The van der Waals surface area contributed by atoms with E-state index in [1.807, 2.05) is 0 Å². The molecule has 0 aromatic carbocycles. The molecule has 4 heteroatoms. The van der Waals surface area contributed by atoms with Crippen LogP contribution in [0.3, 0.4) is 0 Å². The van der Waals surface area contributed by atoms with E-state index < -0.39 is 6.67 Å². The Balaban J connectivity index is 3.01. The maximum absolute atomic E-state index is 11.5. The summed E-state index contributed by atoms with van der Waals surface area (Å²) in [6.45, 7) is -0.626. The van der Waals surface area contributed by atoms with Crippen molar-refractivity contribution in [2.75, 3.05) is 0 Å². The number of imidazole rings is 1. The fourth-order valence-corrected chi connectivity index (χ4v) is 0.443. The van der Waals surface area contributed by atoms with Crippen molar-refractivity contribution in [1.82, 2.24) is 9.97 Å². The largest absolute Gasteiger partial charge is 0.323 e. The van der Waals surface area contributed by atoms with Crippen LogP contribution in [0.1, 0.15) is 5.69 Å². The number of rotatable bonds is 1. The van der Waals surface area contributed by atoms with Gasteiger partial charge in [0.2, 0.25) is 0 Å². The molecule has 44 valence electrons. The van der Waals surface area contributed by atoms with Gasteiger partial charge in [-0.25, -0.2) is 9.18 Å². The van der Waals surface area contributed by atoms with Crippen LogP contribution in [-0.2, 0) is 6.67 Å². The summed E-state index contributed by atoms with van der Waals surface area (Å²) in [7, 11) is 0. The predicted molar refractivity (Wildman–Crippen MR) is 26.2 cm³/mol. The van der Waals surface area contributed by atoms with Gasteiger partial charge in [-0.05, 0) is 0 Å². The number of alkyl halides is 1. The van der Waals surface area contributed by atoms with Gasteiger partial charge >= 0.3 is 5.69 Å². The fourth-order valence-electron chi connectivity index (χ4n) is 0.443. The van der Waals surface area contributed by atoms with Gasteiger partial charge in [-0.2, -0.15) is 0 Å². The van der Waals surface area contributed by atoms with Crippen molar-refractivity contribution in [3.63, 3.8) is 0 Å². The molecule has 0 spiro atoms. The van der Waals surface area contributed by atoms with Crippen molar-refractivity contribution in [2.45, 2.75) is 6.67 Å². The molecule has 0 fully saturated rings. The summed E-state index contributed by atoms with van der Waals surface area (Å²) in [5, 5.41) is 0. The summed E-state index contributed by atoms with van der Waals surface area (Å²) in [6, 6.07) is 0. The van der Waals surface area contributed by atoms with Crippen molar-refractivity contribution in [1.29, 1.82) is 0 Å². The lowest BCUT2D eigenvalue weighted by Crippen LogP contribution is -2.00. The molecule has 0 aliphatic rings.